The zero-order chi connectivity index (χ0) is 13.5. The molecule has 0 bridgehead atoms. The molecule has 0 saturated carbocycles. The second kappa shape index (κ2) is 7.55. The van der Waals surface area contributed by atoms with Crippen molar-refractivity contribution in [2.24, 2.45) is 0 Å². The lowest BCUT2D eigenvalue weighted by Crippen LogP contribution is -2.38. The summed E-state index contributed by atoms with van der Waals surface area (Å²) >= 11 is 0. The number of hydrogen-bond acceptors (Lipinski definition) is 2. The molecule has 0 heterocycles. The first-order valence-corrected chi connectivity index (χ1v) is 7.09. The molecule has 1 unspecified atom stereocenters. The van der Waals surface area contributed by atoms with Crippen molar-refractivity contribution in [1.82, 2.24) is 10.2 Å². The van der Waals surface area contributed by atoms with Gasteiger partial charge < -0.3 is 10.2 Å². The topological polar surface area (TPSA) is 15.3 Å². The van der Waals surface area contributed by atoms with Crippen LogP contribution in [0, 0.1) is 13.8 Å². The van der Waals surface area contributed by atoms with Crippen molar-refractivity contribution in [3.05, 3.63) is 34.9 Å². The molecule has 0 spiro atoms. The van der Waals surface area contributed by atoms with Crippen LogP contribution in [0.1, 0.15) is 37.5 Å². The smallest absolute Gasteiger partial charge is 0.0211 e. The van der Waals surface area contributed by atoms with Crippen LogP contribution in [0.2, 0.25) is 0 Å². The minimum atomic E-state index is 0.532. The maximum Gasteiger partial charge on any atom is 0.0211 e. The predicted octanol–water partition coefficient (Wildman–Crippen LogP) is 3.12. The number of nitrogens with zero attached hydrogens (tertiary/aromatic N) is 1. The van der Waals surface area contributed by atoms with Gasteiger partial charge in [0.15, 0.2) is 0 Å². The van der Waals surface area contributed by atoms with E-state index >= 15 is 0 Å². The number of rotatable bonds is 7. The lowest BCUT2D eigenvalue weighted by Gasteiger charge is -2.23. The molecule has 1 aromatic rings. The molecule has 18 heavy (non-hydrogen) atoms. The Balaban J connectivity index is 2.47. The number of benzene rings is 1. The van der Waals surface area contributed by atoms with Gasteiger partial charge in [-0.2, -0.15) is 0 Å². The first-order chi connectivity index (χ1) is 8.58. The first kappa shape index (κ1) is 15.2. The Bertz CT molecular complexity index is 356. The van der Waals surface area contributed by atoms with E-state index in [1.807, 2.05) is 0 Å². The normalized spacial score (nSPS) is 13.0. The molecular weight excluding hydrogens is 220 g/mol. The zero-order valence-electron chi connectivity index (χ0n) is 12.6. The fourth-order valence-electron chi connectivity index (χ4n) is 2.22. The Morgan fingerprint density at radius 3 is 2.44 bits per heavy atom. The van der Waals surface area contributed by atoms with Crippen LogP contribution in [0.25, 0.3) is 0 Å². The van der Waals surface area contributed by atoms with Crippen LogP contribution < -0.4 is 5.32 Å². The number of hydrogen-bond donors (Lipinski definition) is 1. The minimum Gasteiger partial charge on any atom is -0.309 e. The zero-order valence-corrected chi connectivity index (χ0v) is 12.6. The largest absolute Gasteiger partial charge is 0.309 e. The van der Waals surface area contributed by atoms with E-state index < -0.39 is 0 Å². The molecule has 1 rings (SSSR count). The summed E-state index contributed by atoms with van der Waals surface area (Å²) in [5, 5.41) is 3.62. The van der Waals surface area contributed by atoms with Gasteiger partial charge in [-0.3, -0.25) is 0 Å². The van der Waals surface area contributed by atoms with Crippen molar-refractivity contribution in [1.29, 1.82) is 0 Å². The highest BCUT2D eigenvalue weighted by Crippen LogP contribution is 2.12. The van der Waals surface area contributed by atoms with E-state index in [9.17, 15) is 0 Å². The third-order valence-electron chi connectivity index (χ3n) is 3.78. The molecule has 0 radical (unpaired) electrons. The van der Waals surface area contributed by atoms with Crippen LogP contribution >= 0.6 is 0 Å². The van der Waals surface area contributed by atoms with Gasteiger partial charge >= 0.3 is 0 Å². The molecule has 2 nitrogen and oxygen atoms in total. The van der Waals surface area contributed by atoms with E-state index in [4.69, 9.17) is 0 Å². The summed E-state index contributed by atoms with van der Waals surface area (Å²) < 4.78 is 0. The van der Waals surface area contributed by atoms with E-state index in [0.717, 1.165) is 26.2 Å². The summed E-state index contributed by atoms with van der Waals surface area (Å²) in [7, 11) is 0. The first-order valence-electron chi connectivity index (χ1n) is 7.09. The molecular formula is C16H28N2. The lowest BCUT2D eigenvalue weighted by molar-refractivity contribution is 0.270. The average Bonchev–Trinajstić information content (AvgIpc) is 2.37. The Labute approximate surface area is 112 Å². The molecule has 0 aliphatic rings. The van der Waals surface area contributed by atoms with Gasteiger partial charge in [-0.1, -0.05) is 32.0 Å². The van der Waals surface area contributed by atoms with Crippen molar-refractivity contribution in [2.45, 2.75) is 47.2 Å². The van der Waals surface area contributed by atoms with Gasteiger partial charge in [0.2, 0.25) is 0 Å². The van der Waals surface area contributed by atoms with Gasteiger partial charge in [0.05, 0.1) is 0 Å². The summed E-state index contributed by atoms with van der Waals surface area (Å²) in [4.78, 5) is 2.46. The van der Waals surface area contributed by atoms with E-state index in [1.54, 1.807) is 0 Å². The molecule has 0 saturated heterocycles. The molecule has 0 aromatic heterocycles. The summed E-state index contributed by atoms with van der Waals surface area (Å²) in [6.45, 7) is 15.5. The minimum absolute atomic E-state index is 0.532. The quantitative estimate of drug-likeness (QED) is 0.797. The van der Waals surface area contributed by atoms with E-state index in [2.05, 4.69) is 63.0 Å². The van der Waals surface area contributed by atoms with Gasteiger partial charge in [-0.05, 0) is 50.6 Å². The van der Waals surface area contributed by atoms with E-state index in [0.29, 0.717) is 6.04 Å². The van der Waals surface area contributed by atoms with Crippen molar-refractivity contribution < 1.29 is 0 Å². The maximum atomic E-state index is 3.62. The number of likely N-dealkylation sites (N-methyl/N-ethyl adjacent to an activating group) is 1. The Morgan fingerprint density at radius 2 is 1.83 bits per heavy atom. The summed E-state index contributed by atoms with van der Waals surface area (Å²) in [6, 6.07) is 7.08. The Morgan fingerprint density at radius 1 is 1.17 bits per heavy atom. The highest BCUT2D eigenvalue weighted by Gasteiger charge is 2.07. The van der Waals surface area contributed by atoms with E-state index in [-0.39, 0.29) is 0 Å². The fourth-order valence-corrected chi connectivity index (χ4v) is 2.22. The Hall–Kier alpha value is -0.860. The Kier molecular flexibility index (Phi) is 6.37. The predicted molar refractivity (Wildman–Crippen MR) is 80.0 cm³/mol. The van der Waals surface area contributed by atoms with Gasteiger partial charge in [-0.25, -0.2) is 0 Å². The van der Waals surface area contributed by atoms with Crippen LogP contribution in [-0.4, -0.2) is 30.6 Å². The summed E-state index contributed by atoms with van der Waals surface area (Å²) in [5.41, 5.74) is 4.21. The second-order valence-electron chi connectivity index (χ2n) is 5.13. The molecule has 102 valence electrons. The summed E-state index contributed by atoms with van der Waals surface area (Å²) in [6.07, 6.45) is 0. The van der Waals surface area contributed by atoms with Gasteiger partial charge in [0, 0.05) is 19.1 Å². The summed E-state index contributed by atoms with van der Waals surface area (Å²) in [5.74, 6) is 0. The highest BCUT2D eigenvalue weighted by atomic mass is 15.1. The third kappa shape index (κ3) is 4.43. The van der Waals surface area contributed by atoms with Crippen molar-refractivity contribution >= 4 is 0 Å². The molecule has 2 heteroatoms. The van der Waals surface area contributed by atoms with Crippen LogP contribution in [-0.2, 0) is 6.54 Å². The van der Waals surface area contributed by atoms with Gasteiger partial charge in [-0.15, -0.1) is 0 Å². The molecule has 0 amide bonds. The van der Waals surface area contributed by atoms with Crippen molar-refractivity contribution in [3.8, 4) is 0 Å². The molecule has 1 atom stereocenters. The number of aryl methyl sites for hydroxylation is 1. The number of nitrogens with one attached hydrogen (secondary N) is 1. The van der Waals surface area contributed by atoms with Gasteiger partial charge in [0.25, 0.3) is 0 Å². The molecule has 0 aliphatic heterocycles. The molecule has 0 aliphatic carbocycles. The van der Waals surface area contributed by atoms with Crippen LogP contribution in [0.3, 0.4) is 0 Å². The SMILES string of the molecule is CCN(CC)CC(C)NCc1cccc(C)c1C. The van der Waals surface area contributed by atoms with Gasteiger partial charge in [0.1, 0.15) is 0 Å². The fraction of sp³-hybridized carbons (Fsp3) is 0.625. The van der Waals surface area contributed by atoms with E-state index in [1.165, 1.54) is 16.7 Å². The van der Waals surface area contributed by atoms with Crippen LogP contribution in [0.5, 0.6) is 0 Å². The molecule has 1 N–H and O–H groups in total. The third-order valence-corrected chi connectivity index (χ3v) is 3.78. The monoisotopic (exact) mass is 248 g/mol. The lowest BCUT2D eigenvalue weighted by atomic mass is 10.0. The highest BCUT2D eigenvalue weighted by molar-refractivity contribution is 5.32. The van der Waals surface area contributed by atoms with Crippen molar-refractivity contribution in [2.75, 3.05) is 19.6 Å². The van der Waals surface area contributed by atoms with Crippen LogP contribution in [0.15, 0.2) is 18.2 Å². The maximum absolute atomic E-state index is 3.62. The van der Waals surface area contributed by atoms with Crippen molar-refractivity contribution in [3.63, 3.8) is 0 Å². The van der Waals surface area contributed by atoms with Crippen LogP contribution in [0.4, 0.5) is 0 Å². The standard InChI is InChI=1S/C16H28N2/c1-6-18(7-2)12-14(4)17-11-16-10-8-9-13(3)15(16)5/h8-10,14,17H,6-7,11-12H2,1-5H3. The average molecular weight is 248 g/mol. The second-order valence-corrected chi connectivity index (χ2v) is 5.13. The molecule has 1 aromatic carbocycles. The molecule has 0 fully saturated rings.